The fraction of sp³-hybridized carbons (Fsp3) is 0.538. The van der Waals surface area contributed by atoms with E-state index in [1.165, 1.54) is 31.5 Å². The number of allylic oxidation sites excluding steroid dienone is 3. The molecule has 15 heavy (non-hydrogen) atoms. The summed E-state index contributed by atoms with van der Waals surface area (Å²) in [6.07, 6.45) is 9.01. The number of piperidine rings is 1. The van der Waals surface area contributed by atoms with Gasteiger partial charge in [-0.15, -0.1) is 0 Å². The van der Waals surface area contributed by atoms with Crippen LogP contribution in [0.4, 0.5) is 0 Å². The Balaban J connectivity index is 2.01. The molecular weight excluding hydrogens is 184 g/mol. The van der Waals surface area contributed by atoms with Crippen LogP contribution in [0.15, 0.2) is 36.2 Å². The molecule has 2 heteroatoms. The maximum absolute atomic E-state index is 4.12. The van der Waals surface area contributed by atoms with Crippen molar-refractivity contribution in [2.24, 2.45) is 0 Å². The second-order valence-electron chi connectivity index (χ2n) is 4.64. The molecule has 1 saturated heterocycles. The maximum Gasteiger partial charge on any atom is 0.0360 e. The molecule has 0 bridgehead atoms. The van der Waals surface area contributed by atoms with Crippen molar-refractivity contribution in [1.82, 2.24) is 9.80 Å². The first-order chi connectivity index (χ1) is 7.16. The molecule has 0 aliphatic carbocycles. The van der Waals surface area contributed by atoms with E-state index in [1.54, 1.807) is 0 Å². The van der Waals surface area contributed by atoms with Crippen LogP contribution in [0.25, 0.3) is 0 Å². The van der Waals surface area contributed by atoms with Crippen LogP contribution in [0.5, 0.6) is 0 Å². The lowest BCUT2D eigenvalue weighted by Crippen LogP contribution is -2.41. The highest BCUT2D eigenvalue weighted by atomic mass is 15.2. The van der Waals surface area contributed by atoms with Gasteiger partial charge in [0, 0.05) is 17.9 Å². The molecule has 0 spiro atoms. The molecule has 0 N–H and O–H groups in total. The summed E-state index contributed by atoms with van der Waals surface area (Å²) in [5.41, 5.74) is 2.44. The zero-order valence-corrected chi connectivity index (χ0v) is 9.74. The largest absolute Gasteiger partial charge is 0.345 e. The standard InChI is InChI=1S/C13H20N2/c1-11-4-9-15(12(2)10-11)13-5-7-14(3)8-6-13/h4,9-10,13H,2,5-8H2,1,3H3. The molecule has 2 rings (SSSR count). The Bertz CT molecular complexity index is 306. The second kappa shape index (κ2) is 4.23. The summed E-state index contributed by atoms with van der Waals surface area (Å²) in [4.78, 5) is 4.73. The third-order valence-electron chi connectivity index (χ3n) is 3.31. The fourth-order valence-corrected chi connectivity index (χ4v) is 2.31. The van der Waals surface area contributed by atoms with Gasteiger partial charge in [0.05, 0.1) is 0 Å². The van der Waals surface area contributed by atoms with Gasteiger partial charge in [-0.2, -0.15) is 0 Å². The van der Waals surface area contributed by atoms with E-state index in [0.29, 0.717) is 6.04 Å². The first-order valence-corrected chi connectivity index (χ1v) is 5.69. The molecule has 0 radical (unpaired) electrons. The third-order valence-corrected chi connectivity index (χ3v) is 3.31. The van der Waals surface area contributed by atoms with Gasteiger partial charge in [-0.05, 0) is 57.6 Å². The molecule has 0 aromatic rings. The Morgan fingerprint density at radius 3 is 2.60 bits per heavy atom. The Kier molecular flexibility index (Phi) is 2.96. The molecule has 0 amide bonds. The zero-order valence-electron chi connectivity index (χ0n) is 9.74. The van der Waals surface area contributed by atoms with Crippen LogP contribution in [0.1, 0.15) is 19.8 Å². The topological polar surface area (TPSA) is 6.48 Å². The lowest BCUT2D eigenvalue weighted by molar-refractivity contribution is 0.186. The van der Waals surface area contributed by atoms with E-state index in [4.69, 9.17) is 0 Å². The SMILES string of the molecule is C=C1C=C(C)C=CN1C1CCN(C)CC1. The minimum Gasteiger partial charge on any atom is -0.345 e. The number of hydrogen-bond donors (Lipinski definition) is 0. The van der Waals surface area contributed by atoms with Crippen LogP contribution in [-0.2, 0) is 0 Å². The highest BCUT2D eigenvalue weighted by Gasteiger charge is 2.22. The lowest BCUT2D eigenvalue weighted by Gasteiger charge is -2.38. The van der Waals surface area contributed by atoms with Crippen molar-refractivity contribution in [3.63, 3.8) is 0 Å². The van der Waals surface area contributed by atoms with Crippen LogP contribution in [0.2, 0.25) is 0 Å². The van der Waals surface area contributed by atoms with Gasteiger partial charge in [0.2, 0.25) is 0 Å². The summed E-state index contributed by atoms with van der Waals surface area (Å²) in [6, 6.07) is 0.648. The summed E-state index contributed by atoms with van der Waals surface area (Å²) in [6.45, 7) is 8.64. The van der Waals surface area contributed by atoms with Gasteiger partial charge in [0.1, 0.15) is 0 Å². The number of rotatable bonds is 1. The molecule has 0 unspecified atom stereocenters. The van der Waals surface area contributed by atoms with Gasteiger partial charge >= 0.3 is 0 Å². The van der Waals surface area contributed by atoms with E-state index >= 15 is 0 Å². The van der Waals surface area contributed by atoms with E-state index < -0.39 is 0 Å². The minimum atomic E-state index is 0.648. The molecule has 0 atom stereocenters. The van der Waals surface area contributed by atoms with Crippen LogP contribution in [0, 0.1) is 0 Å². The van der Waals surface area contributed by atoms with Crippen molar-refractivity contribution in [1.29, 1.82) is 0 Å². The van der Waals surface area contributed by atoms with Crippen molar-refractivity contribution in [2.75, 3.05) is 20.1 Å². The number of hydrogen-bond acceptors (Lipinski definition) is 2. The molecular formula is C13H20N2. The van der Waals surface area contributed by atoms with E-state index in [1.807, 2.05) is 0 Å². The average molecular weight is 204 g/mol. The Labute approximate surface area is 92.6 Å². The quantitative estimate of drug-likeness (QED) is 0.647. The van der Waals surface area contributed by atoms with E-state index in [-0.39, 0.29) is 0 Å². The normalized spacial score (nSPS) is 24.5. The highest BCUT2D eigenvalue weighted by Crippen LogP contribution is 2.24. The van der Waals surface area contributed by atoms with E-state index in [0.717, 1.165) is 5.70 Å². The number of nitrogens with zero attached hydrogens (tertiary/aromatic N) is 2. The van der Waals surface area contributed by atoms with Crippen LogP contribution in [-0.4, -0.2) is 36.0 Å². The first-order valence-electron chi connectivity index (χ1n) is 5.69. The van der Waals surface area contributed by atoms with Crippen LogP contribution >= 0.6 is 0 Å². The lowest BCUT2D eigenvalue weighted by atomic mass is 10.0. The summed E-state index contributed by atoms with van der Waals surface area (Å²) < 4.78 is 0. The molecule has 2 nitrogen and oxygen atoms in total. The highest BCUT2D eigenvalue weighted by molar-refractivity contribution is 5.32. The molecule has 0 aromatic heterocycles. The predicted octanol–water partition coefficient (Wildman–Crippen LogP) is 2.37. The van der Waals surface area contributed by atoms with Gasteiger partial charge < -0.3 is 9.80 Å². The molecule has 2 aliphatic rings. The Hall–Kier alpha value is -1.02. The third kappa shape index (κ3) is 2.32. The summed E-state index contributed by atoms with van der Waals surface area (Å²) in [5, 5.41) is 0. The maximum atomic E-state index is 4.12. The van der Waals surface area contributed by atoms with Gasteiger partial charge in [-0.25, -0.2) is 0 Å². The summed E-state index contributed by atoms with van der Waals surface area (Å²) in [5.74, 6) is 0. The van der Waals surface area contributed by atoms with Crippen molar-refractivity contribution < 1.29 is 0 Å². The van der Waals surface area contributed by atoms with Gasteiger partial charge in [0.25, 0.3) is 0 Å². The van der Waals surface area contributed by atoms with Crippen molar-refractivity contribution in [3.05, 3.63) is 36.2 Å². The van der Waals surface area contributed by atoms with Gasteiger partial charge in [-0.3, -0.25) is 0 Å². The molecule has 0 saturated carbocycles. The van der Waals surface area contributed by atoms with Crippen molar-refractivity contribution in [3.8, 4) is 0 Å². The molecule has 82 valence electrons. The molecule has 1 fully saturated rings. The monoisotopic (exact) mass is 204 g/mol. The van der Waals surface area contributed by atoms with E-state index in [2.05, 4.69) is 48.7 Å². The minimum absolute atomic E-state index is 0.648. The second-order valence-corrected chi connectivity index (χ2v) is 4.64. The Morgan fingerprint density at radius 1 is 1.33 bits per heavy atom. The molecule has 2 aliphatic heterocycles. The van der Waals surface area contributed by atoms with Crippen molar-refractivity contribution in [2.45, 2.75) is 25.8 Å². The van der Waals surface area contributed by atoms with Crippen LogP contribution < -0.4 is 0 Å². The molecule has 0 aromatic carbocycles. The van der Waals surface area contributed by atoms with Crippen molar-refractivity contribution >= 4 is 0 Å². The average Bonchev–Trinajstić information content (AvgIpc) is 2.20. The fourth-order valence-electron chi connectivity index (χ4n) is 2.31. The smallest absolute Gasteiger partial charge is 0.0360 e. The van der Waals surface area contributed by atoms with Gasteiger partial charge in [-0.1, -0.05) is 6.58 Å². The summed E-state index contributed by atoms with van der Waals surface area (Å²) >= 11 is 0. The van der Waals surface area contributed by atoms with Gasteiger partial charge in [0.15, 0.2) is 0 Å². The zero-order chi connectivity index (χ0) is 10.8. The van der Waals surface area contributed by atoms with E-state index in [9.17, 15) is 0 Å². The Morgan fingerprint density at radius 2 is 2.00 bits per heavy atom. The molecule has 2 heterocycles. The summed E-state index contributed by atoms with van der Waals surface area (Å²) in [7, 11) is 2.20. The van der Waals surface area contributed by atoms with Crippen LogP contribution in [0.3, 0.4) is 0 Å². The first kappa shape index (κ1) is 10.5. The predicted molar refractivity (Wildman–Crippen MR) is 64.4 cm³/mol. The number of likely N-dealkylation sites (tertiary alicyclic amines) is 1.